The largest absolute Gasteiger partial charge is 0.487 e. The van der Waals surface area contributed by atoms with E-state index in [0.717, 1.165) is 12.1 Å². The summed E-state index contributed by atoms with van der Waals surface area (Å²) < 4.78 is 32.7. The molecule has 0 unspecified atom stereocenters. The highest BCUT2D eigenvalue weighted by Gasteiger charge is 2.27. The number of benzene rings is 1. The number of hydrogen-bond donors (Lipinski definition) is 0. The Kier molecular flexibility index (Phi) is 5.12. The molecule has 25 heavy (non-hydrogen) atoms. The molecule has 1 saturated heterocycles. The maximum atomic E-state index is 13.7. The zero-order valence-corrected chi connectivity index (χ0v) is 14.6. The highest BCUT2D eigenvalue weighted by molar-refractivity contribution is 9.10. The van der Waals surface area contributed by atoms with E-state index in [-0.39, 0.29) is 17.5 Å². The smallest absolute Gasteiger partial charge is 0.312 e. The van der Waals surface area contributed by atoms with E-state index < -0.39 is 16.6 Å². The summed E-state index contributed by atoms with van der Waals surface area (Å²) in [4.78, 5) is 16.7. The first-order valence-electron chi connectivity index (χ1n) is 7.60. The molecule has 9 heteroatoms. The molecule has 1 aliphatic heterocycles. The number of rotatable bonds is 4. The minimum absolute atomic E-state index is 0.00703. The van der Waals surface area contributed by atoms with Gasteiger partial charge in [-0.3, -0.25) is 10.1 Å². The first-order valence-corrected chi connectivity index (χ1v) is 8.40. The van der Waals surface area contributed by atoms with Crippen LogP contribution in [0.25, 0.3) is 0 Å². The molecular weight excluding hydrogens is 400 g/mol. The van der Waals surface area contributed by atoms with E-state index in [9.17, 15) is 18.9 Å². The lowest BCUT2D eigenvalue weighted by molar-refractivity contribution is -0.384. The molecule has 0 atom stereocenters. The number of nitro groups is 1. The van der Waals surface area contributed by atoms with Crippen molar-refractivity contribution in [3.05, 3.63) is 56.7 Å². The highest BCUT2D eigenvalue weighted by Crippen LogP contribution is 2.31. The second-order valence-corrected chi connectivity index (χ2v) is 6.55. The van der Waals surface area contributed by atoms with Crippen LogP contribution in [0.15, 0.2) is 34.9 Å². The average Bonchev–Trinajstić information content (AvgIpc) is 2.58. The van der Waals surface area contributed by atoms with Crippen LogP contribution in [-0.4, -0.2) is 29.1 Å². The van der Waals surface area contributed by atoms with Gasteiger partial charge in [0.05, 0.1) is 4.92 Å². The van der Waals surface area contributed by atoms with Crippen LogP contribution in [0.5, 0.6) is 5.75 Å². The lowest BCUT2D eigenvalue weighted by Crippen LogP contribution is -2.39. The van der Waals surface area contributed by atoms with Gasteiger partial charge in [-0.1, -0.05) is 0 Å². The summed E-state index contributed by atoms with van der Waals surface area (Å²) in [6.45, 7) is 0.978. The predicted molar refractivity (Wildman–Crippen MR) is 90.8 cm³/mol. The van der Waals surface area contributed by atoms with Crippen molar-refractivity contribution in [2.75, 3.05) is 18.0 Å². The monoisotopic (exact) mass is 413 g/mol. The summed E-state index contributed by atoms with van der Waals surface area (Å²) in [5.74, 6) is -1.09. The quantitative estimate of drug-likeness (QED) is 0.557. The molecule has 1 aromatic carbocycles. The number of piperidine rings is 1. The first kappa shape index (κ1) is 17.5. The Balaban J connectivity index is 1.67. The van der Waals surface area contributed by atoms with E-state index in [0.29, 0.717) is 36.2 Å². The van der Waals surface area contributed by atoms with Gasteiger partial charge in [-0.25, -0.2) is 13.8 Å². The van der Waals surface area contributed by atoms with Crippen LogP contribution in [0.2, 0.25) is 0 Å². The molecule has 2 aromatic rings. The summed E-state index contributed by atoms with van der Waals surface area (Å²) in [6.07, 6.45) is 2.36. The average molecular weight is 414 g/mol. The van der Waals surface area contributed by atoms with Gasteiger partial charge in [0.1, 0.15) is 11.9 Å². The van der Waals surface area contributed by atoms with Crippen LogP contribution < -0.4 is 9.64 Å². The Morgan fingerprint density at radius 2 is 2.00 bits per heavy atom. The minimum atomic E-state index is -0.743. The molecule has 0 spiro atoms. The van der Waals surface area contributed by atoms with Crippen molar-refractivity contribution >= 4 is 27.4 Å². The van der Waals surface area contributed by atoms with Gasteiger partial charge < -0.3 is 9.64 Å². The topological polar surface area (TPSA) is 68.5 Å². The SMILES string of the molecule is O=[N+]([O-])c1cc(Br)cnc1N1CCC(Oc2ccc(F)cc2F)CC1. The van der Waals surface area contributed by atoms with E-state index >= 15 is 0 Å². The number of anilines is 1. The maximum absolute atomic E-state index is 13.7. The van der Waals surface area contributed by atoms with Gasteiger partial charge in [0.2, 0.25) is 5.82 Å². The van der Waals surface area contributed by atoms with Crippen molar-refractivity contribution in [3.8, 4) is 5.75 Å². The highest BCUT2D eigenvalue weighted by atomic mass is 79.9. The van der Waals surface area contributed by atoms with Gasteiger partial charge in [-0.05, 0) is 28.1 Å². The number of halogens is 3. The fraction of sp³-hybridized carbons (Fsp3) is 0.312. The number of aromatic nitrogens is 1. The van der Waals surface area contributed by atoms with Crippen LogP contribution in [-0.2, 0) is 0 Å². The summed E-state index contributed by atoms with van der Waals surface area (Å²) >= 11 is 3.18. The van der Waals surface area contributed by atoms with E-state index in [1.807, 2.05) is 4.90 Å². The van der Waals surface area contributed by atoms with E-state index in [1.165, 1.54) is 18.3 Å². The lowest BCUT2D eigenvalue weighted by Gasteiger charge is -2.32. The third kappa shape index (κ3) is 4.04. The summed E-state index contributed by atoms with van der Waals surface area (Å²) in [5.41, 5.74) is -0.0710. The normalized spacial score (nSPS) is 15.2. The van der Waals surface area contributed by atoms with Gasteiger partial charge in [0, 0.05) is 48.7 Å². The predicted octanol–water partition coefficient (Wildman–Crippen LogP) is 4.08. The van der Waals surface area contributed by atoms with Gasteiger partial charge in [0.15, 0.2) is 11.6 Å². The van der Waals surface area contributed by atoms with Crippen molar-refractivity contribution in [2.45, 2.75) is 18.9 Å². The standard InChI is InChI=1S/C16H14BrF2N3O3/c17-10-7-14(22(23)24)16(20-9-10)21-5-3-12(4-6-21)25-15-2-1-11(18)8-13(15)19/h1-2,7-9,12H,3-6H2. The molecule has 132 valence electrons. The first-order chi connectivity index (χ1) is 11.9. The Labute approximate surface area is 150 Å². The molecular formula is C16H14BrF2N3O3. The fourth-order valence-electron chi connectivity index (χ4n) is 2.74. The van der Waals surface area contributed by atoms with Crippen LogP contribution >= 0.6 is 15.9 Å². The van der Waals surface area contributed by atoms with Crippen molar-refractivity contribution in [1.82, 2.24) is 4.98 Å². The molecule has 3 rings (SSSR count). The van der Waals surface area contributed by atoms with Crippen molar-refractivity contribution in [1.29, 1.82) is 0 Å². The molecule has 0 saturated carbocycles. The molecule has 1 fully saturated rings. The van der Waals surface area contributed by atoms with E-state index in [2.05, 4.69) is 20.9 Å². The zero-order chi connectivity index (χ0) is 18.0. The van der Waals surface area contributed by atoms with E-state index in [1.54, 1.807) is 0 Å². The van der Waals surface area contributed by atoms with Gasteiger partial charge in [-0.15, -0.1) is 0 Å². The van der Waals surface area contributed by atoms with Crippen molar-refractivity contribution in [3.63, 3.8) is 0 Å². The summed E-state index contributed by atoms with van der Waals surface area (Å²) in [5, 5.41) is 11.2. The Morgan fingerprint density at radius 3 is 2.64 bits per heavy atom. The van der Waals surface area contributed by atoms with Crippen LogP contribution in [0.3, 0.4) is 0 Å². The van der Waals surface area contributed by atoms with Crippen LogP contribution in [0.1, 0.15) is 12.8 Å². The van der Waals surface area contributed by atoms with Gasteiger partial charge in [0.25, 0.3) is 0 Å². The zero-order valence-electron chi connectivity index (χ0n) is 13.0. The molecule has 1 aliphatic rings. The van der Waals surface area contributed by atoms with Crippen molar-refractivity contribution in [2.24, 2.45) is 0 Å². The molecule has 0 aliphatic carbocycles. The number of hydrogen-bond acceptors (Lipinski definition) is 5. The third-order valence-electron chi connectivity index (χ3n) is 3.94. The Morgan fingerprint density at radius 1 is 1.28 bits per heavy atom. The van der Waals surface area contributed by atoms with Gasteiger partial charge in [-0.2, -0.15) is 0 Å². The molecule has 2 heterocycles. The third-order valence-corrected chi connectivity index (χ3v) is 4.37. The summed E-state index contributed by atoms with van der Waals surface area (Å²) in [7, 11) is 0. The Hall–Kier alpha value is -2.29. The minimum Gasteiger partial charge on any atom is -0.487 e. The van der Waals surface area contributed by atoms with Gasteiger partial charge >= 0.3 is 5.69 Å². The molecule has 0 radical (unpaired) electrons. The maximum Gasteiger partial charge on any atom is 0.312 e. The number of pyridine rings is 1. The molecule has 6 nitrogen and oxygen atoms in total. The van der Waals surface area contributed by atoms with Crippen LogP contribution in [0.4, 0.5) is 20.3 Å². The van der Waals surface area contributed by atoms with Crippen molar-refractivity contribution < 1.29 is 18.4 Å². The fourth-order valence-corrected chi connectivity index (χ4v) is 3.05. The number of nitrogens with zero attached hydrogens (tertiary/aromatic N) is 3. The Bertz CT molecular complexity index is 798. The van der Waals surface area contributed by atoms with Crippen LogP contribution in [0, 0.1) is 21.7 Å². The molecule has 1 aromatic heterocycles. The second-order valence-electron chi connectivity index (χ2n) is 5.63. The van der Waals surface area contributed by atoms with E-state index in [4.69, 9.17) is 4.74 Å². The lowest BCUT2D eigenvalue weighted by atomic mass is 10.1. The summed E-state index contributed by atoms with van der Waals surface area (Å²) in [6, 6.07) is 4.60. The molecule has 0 amide bonds. The molecule has 0 N–H and O–H groups in total. The molecule has 0 bridgehead atoms. The second kappa shape index (κ2) is 7.30. The number of ether oxygens (including phenoxy) is 1.